The number of para-hydroxylation sites is 2. The van der Waals surface area contributed by atoms with E-state index in [1.807, 2.05) is 55.5 Å². The van der Waals surface area contributed by atoms with Gasteiger partial charge in [0, 0.05) is 6.54 Å². The molecule has 1 N–H and O–H groups in total. The number of aryl methyl sites for hydroxylation is 1. The molecule has 8 heteroatoms. The third kappa shape index (κ3) is 3.69. The molecule has 33 heavy (non-hydrogen) atoms. The molecule has 0 saturated carbocycles. The predicted molar refractivity (Wildman–Crippen MR) is 120 cm³/mol. The molecule has 0 aromatic heterocycles. The van der Waals surface area contributed by atoms with E-state index in [1.165, 1.54) is 0 Å². The van der Waals surface area contributed by atoms with Gasteiger partial charge in [-0.3, -0.25) is 14.5 Å². The average Bonchev–Trinajstić information content (AvgIpc) is 3.07. The van der Waals surface area contributed by atoms with Crippen molar-refractivity contribution in [3.05, 3.63) is 59.7 Å². The van der Waals surface area contributed by atoms with Crippen LogP contribution in [-0.2, 0) is 21.5 Å². The van der Waals surface area contributed by atoms with E-state index in [4.69, 9.17) is 9.47 Å². The summed E-state index contributed by atoms with van der Waals surface area (Å²) in [5, 5.41) is 2.90. The zero-order chi connectivity index (χ0) is 23.0. The van der Waals surface area contributed by atoms with E-state index in [0.717, 1.165) is 28.9 Å². The van der Waals surface area contributed by atoms with Gasteiger partial charge in [0.15, 0.2) is 17.6 Å². The summed E-state index contributed by atoms with van der Waals surface area (Å²) in [7, 11) is 0. The van der Waals surface area contributed by atoms with Gasteiger partial charge in [0.05, 0.1) is 6.54 Å². The highest BCUT2D eigenvalue weighted by atomic mass is 16.6. The fourth-order valence-electron chi connectivity index (χ4n) is 5.00. The number of carbonyl (C=O) groups is 3. The van der Waals surface area contributed by atoms with Crippen LogP contribution in [0.1, 0.15) is 30.9 Å². The van der Waals surface area contributed by atoms with Gasteiger partial charge in [-0.25, -0.2) is 4.79 Å². The number of hydrogen-bond acceptors (Lipinski definition) is 5. The first-order valence-electron chi connectivity index (χ1n) is 11.4. The molecule has 0 radical (unpaired) electrons. The van der Waals surface area contributed by atoms with Gasteiger partial charge < -0.3 is 19.7 Å². The molecule has 5 rings (SSSR count). The molecule has 4 amide bonds. The minimum atomic E-state index is -1.08. The Morgan fingerprint density at radius 1 is 1.15 bits per heavy atom. The van der Waals surface area contributed by atoms with Crippen LogP contribution in [0.3, 0.4) is 0 Å². The number of ether oxygens (including phenoxy) is 2. The van der Waals surface area contributed by atoms with Gasteiger partial charge in [-0.1, -0.05) is 36.4 Å². The van der Waals surface area contributed by atoms with Crippen LogP contribution in [0.5, 0.6) is 11.5 Å². The van der Waals surface area contributed by atoms with Crippen LogP contribution in [0.25, 0.3) is 0 Å². The van der Waals surface area contributed by atoms with Crippen LogP contribution in [0, 0.1) is 0 Å². The lowest BCUT2D eigenvalue weighted by atomic mass is 9.76. The first-order valence-corrected chi connectivity index (χ1v) is 11.4. The molecule has 2 atom stereocenters. The minimum Gasteiger partial charge on any atom is -0.486 e. The number of fused-ring (bicyclic) bond motifs is 3. The van der Waals surface area contributed by atoms with Crippen LogP contribution in [0.4, 0.5) is 4.79 Å². The molecule has 2 heterocycles. The summed E-state index contributed by atoms with van der Waals surface area (Å²) in [5.74, 6) is 0.671. The molecule has 1 saturated heterocycles. The molecule has 3 aliphatic rings. The van der Waals surface area contributed by atoms with E-state index >= 15 is 0 Å². The predicted octanol–water partition coefficient (Wildman–Crippen LogP) is 2.46. The van der Waals surface area contributed by atoms with Gasteiger partial charge in [0.25, 0.3) is 5.91 Å². The normalized spacial score (nSPS) is 23.3. The van der Waals surface area contributed by atoms with Crippen molar-refractivity contribution in [1.29, 1.82) is 0 Å². The van der Waals surface area contributed by atoms with E-state index in [1.54, 1.807) is 4.90 Å². The first kappa shape index (κ1) is 21.3. The van der Waals surface area contributed by atoms with Crippen molar-refractivity contribution in [2.45, 2.75) is 37.8 Å². The molecular formula is C25H27N3O5. The number of nitrogens with one attached hydrogen (secondary N) is 1. The van der Waals surface area contributed by atoms with Crippen LogP contribution in [0.2, 0.25) is 0 Å². The van der Waals surface area contributed by atoms with Crippen molar-refractivity contribution in [1.82, 2.24) is 15.1 Å². The molecule has 0 bridgehead atoms. The van der Waals surface area contributed by atoms with Crippen LogP contribution < -0.4 is 14.8 Å². The van der Waals surface area contributed by atoms with Crippen molar-refractivity contribution in [2.24, 2.45) is 0 Å². The van der Waals surface area contributed by atoms with Gasteiger partial charge in [0.2, 0.25) is 5.91 Å². The van der Waals surface area contributed by atoms with E-state index in [0.29, 0.717) is 37.6 Å². The number of nitrogens with zero attached hydrogens (tertiary/aromatic N) is 2. The second kappa shape index (κ2) is 8.42. The summed E-state index contributed by atoms with van der Waals surface area (Å²) < 4.78 is 11.7. The lowest BCUT2D eigenvalue weighted by molar-refractivity contribution is -0.140. The number of likely N-dealkylation sites (N-methyl/N-ethyl adjacent to an activating group) is 1. The highest BCUT2D eigenvalue weighted by Crippen LogP contribution is 2.40. The second-order valence-electron chi connectivity index (χ2n) is 8.67. The van der Waals surface area contributed by atoms with Crippen LogP contribution in [-0.4, -0.2) is 60.0 Å². The Morgan fingerprint density at radius 2 is 1.91 bits per heavy atom. The molecule has 172 valence electrons. The standard InChI is InChI=1S/C25H27N3O5/c1-2-27(14-18-16-32-20-11-5-6-12-21(20)33-18)22(29)15-28-23(30)25(26-24(28)31)13-7-9-17-8-3-4-10-19(17)25/h3-6,8,10-12,18H,2,7,9,13-16H2,1H3,(H,26,31)/t18-,25-/m1/s1. The Kier molecular flexibility index (Phi) is 5.44. The summed E-state index contributed by atoms with van der Waals surface area (Å²) >= 11 is 0. The molecule has 1 fully saturated rings. The van der Waals surface area contributed by atoms with E-state index in [2.05, 4.69) is 5.32 Å². The van der Waals surface area contributed by atoms with Gasteiger partial charge >= 0.3 is 6.03 Å². The van der Waals surface area contributed by atoms with Crippen LogP contribution in [0.15, 0.2) is 48.5 Å². The molecule has 0 unspecified atom stereocenters. The average molecular weight is 450 g/mol. The smallest absolute Gasteiger partial charge is 0.325 e. The lowest BCUT2D eigenvalue weighted by Gasteiger charge is -2.33. The molecule has 1 aliphatic carbocycles. The SMILES string of the molecule is CCN(C[C@@H]1COc2ccccc2O1)C(=O)CN1C(=O)N[C@@]2(CCCc3ccccc32)C1=O. The number of hydrogen-bond donors (Lipinski definition) is 1. The minimum absolute atomic E-state index is 0.299. The molecule has 8 nitrogen and oxygen atoms in total. The summed E-state index contributed by atoms with van der Waals surface area (Å²) in [6, 6.07) is 14.6. The number of rotatable bonds is 5. The second-order valence-corrected chi connectivity index (χ2v) is 8.67. The maximum absolute atomic E-state index is 13.5. The number of urea groups is 1. The maximum atomic E-state index is 13.5. The summed E-state index contributed by atoms with van der Waals surface area (Å²) in [5.41, 5.74) is 0.826. The van der Waals surface area contributed by atoms with E-state index in [9.17, 15) is 14.4 Å². The number of amides is 4. The van der Waals surface area contributed by atoms with Crippen molar-refractivity contribution >= 4 is 17.8 Å². The monoisotopic (exact) mass is 449 g/mol. The number of imide groups is 1. The topological polar surface area (TPSA) is 88.2 Å². The Balaban J connectivity index is 1.28. The number of benzene rings is 2. The third-order valence-electron chi connectivity index (χ3n) is 6.67. The zero-order valence-corrected chi connectivity index (χ0v) is 18.6. The summed E-state index contributed by atoms with van der Waals surface area (Å²) in [6.07, 6.45) is 1.87. The fourth-order valence-corrected chi connectivity index (χ4v) is 5.00. The molecule has 2 aliphatic heterocycles. The van der Waals surface area contributed by atoms with Crippen LogP contribution >= 0.6 is 0 Å². The molecule has 2 aromatic rings. The Labute approximate surface area is 192 Å². The van der Waals surface area contributed by atoms with Crippen molar-refractivity contribution < 1.29 is 23.9 Å². The van der Waals surface area contributed by atoms with Crippen molar-refractivity contribution in [3.8, 4) is 11.5 Å². The van der Waals surface area contributed by atoms with E-state index < -0.39 is 11.6 Å². The van der Waals surface area contributed by atoms with Gasteiger partial charge in [0.1, 0.15) is 18.7 Å². The largest absolute Gasteiger partial charge is 0.486 e. The molecule has 2 aromatic carbocycles. The van der Waals surface area contributed by atoms with Crippen molar-refractivity contribution in [3.63, 3.8) is 0 Å². The highest BCUT2D eigenvalue weighted by molar-refractivity contribution is 6.09. The third-order valence-corrected chi connectivity index (χ3v) is 6.67. The van der Waals surface area contributed by atoms with Gasteiger partial charge in [-0.05, 0) is 49.4 Å². The zero-order valence-electron chi connectivity index (χ0n) is 18.6. The number of carbonyl (C=O) groups excluding carboxylic acids is 3. The quantitative estimate of drug-likeness (QED) is 0.709. The summed E-state index contributed by atoms with van der Waals surface area (Å²) in [6.45, 7) is 2.62. The lowest BCUT2D eigenvalue weighted by Crippen LogP contribution is -2.49. The van der Waals surface area contributed by atoms with Gasteiger partial charge in [-0.15, -0.1) is 0 Å². The Hall–Kier alpha value is -3.55. The first-order chi connectivity index (χ1) is 16.0. The molecule has 1 spiro atoms. The Bertz CT molecular complexity index is 1100. The fraction of sp³-hybridized carbons (Fsp3) is 0.400. The maximum Gasteiger partial charge on any atom is 0.325 e. The summed E-state index contributed by atoms with van der Waals surface area (Å²) in [4.78, 5) is 42.0. The highest BCUT2D eigenvalue weighted by Gasteiger charge is 2.54. The van der Waals surface area contributed by atoms with Gasteiger partial charge in [-0.2, -0.15) is 0 Å². The van der Waals surface area contributed by atoms with Crippen molar-refractivity contribution in [2.75, 3.05) is 26.2 Å². The molecular weight excluding hydrogens is 422 g/mol. The Morgan fingerprint density at radius 3 is 2.73 bits per heavy atom. The van der Waals surface area contributed by atoms with E-state index in [-0.39, 0.29) is 24.5 Å².